The predicted molar refractivity (Wildman–Crippen MR) is 106 cm³/mol. The molecular formula is C19H19Cl2N3O2. The molecule has 0 spiro atoms. The van der Waals surface area contributed by atoms with Crippen molar-refractivity contribution in [2.24, 2.45) is 0 Å². The lowest BCUT2D eigenvalue weighted by Crippen LogP contribution is -2.27. The highest BCUT2D eigenvalue weighted by Gasteiger charge is 2.12. The Balaban J connectivity index is 1.99. The Labute approximate surface area is 161 Å². The van der Waals surface area contributed by atoms with Gasteiger partial charge in [-0.1, -0.05) is 12.1 Å². The summed E-state index contributed by atoms with van der Waals surface area (Å²) in [7, 11) is 0. The van der Waals surface area contributed by atoms with Gasteiger partial charge in [-0.3, -0.25) is 14.3 Å². The molecule has 1 aromatic heterocycles. The van der Waals surface area contributed by atoms with Gasteiger partial charge < -0.3 is 5.11 Å². The van der Waals surface area contributed by atoms with E-state index < -0.39 is 0 Å². The second-order valence-corrected chi connectivity index (χ2v) is 6.66. The number of aromatic hydroxyl groups is 1. The van der Waals surface area contributed by atoms with Crippen LogP contribution in [0.5, 0.6) is 5.75 Å². The van der Waals surface area contributed by atoms with E-state index in [0.717, 1.165) is 0 Å². The third kappa shape index (κ3) is 4.01. The van der Waals surface area contributed by atoms with Gasteiger partial charge in [0.2, 0.25) is 0 Å². The minimum absolute atomic E-state index is 0.148. The number of halogens is 2. The summed E-state index contributed by atoms with van der Waals surface area (Å²) >= 11 is 11.7. The van der Waals surface area contributed by atoms with Gasteiger partial charge in [0.15, 0.2) is 0 Å². The fourth-order valence-electron chi connectivity index (χ4n) is 2.85. The standard InChI is InChI=1S/C19H19Cl2N3O2/c20-7-9-23(10-8-21)12-14-11-15(5-6-18(14)25)24-13-22-17-4-2-1-3-16(17)19(24)26/h1-6,11,13,25H,7-10,12H2. The lowest BCUT2D eigenvalue weighted by molar-refractivity contribution is 0.294. The van der Waals surface area contributed by atoms with Crippen LogP contribution in [-0.4, -0.2) is 44.4 Å². The molecule has 5 nitrogen and oxygen atoms in total. The number of nitrogens with zero attached hydrogens (tertiary/aromatic N) is 3. The topological polar surface area (TPSA) is 58.4 Å². The minimum Gasteiger partial charge on any atom is -0.508 e. The number of rotatable bonds is 7. The van der Waals surface area contributed by atoms with Gasteiger partial charge in [0.25, 0.3) is 5.56 Å². The molecule has 0 aliphatic rings. The number of alkyl halides is 2. The van der Waals surface area contributed by atoms with Gasteiger partial charge in [0, 0.05) is 37.0 Å². The van der Waals surface area contributed by atoms with E-state index >= 15 is 0 Å². The van der Waals surface area contributed by atoms with Crippen molar-refractivity contribution in [3.8, 4) is 11.4 Å². The second-order valence-electron chi connectivity index (χ2n) is 5.90. The van der Waals surface area contributed by atoms with Crippen molar-refractivity contribution >= 4 is 34.1 Å². The van der Waals surface area contributed by atoms with Crippen LogP contribution in [0, 0.1) is 0 Å². The quantitative estimate of drug-likeness (QED) is 0.627. The SMILES string of the molecule is O=c1c2ccccc2ncn1-c1ccc(O)c(CN(CCCl)CCCl)c1. The Bertz CT molecular complexity index is 953. The summed E-state index contributed by atoms with van der Waals surface area (Å²) in [5.74, 6) is 1.13. The summed E-state index contributed by atoms with van der Waals surface area (Å²) in [5.41, 5.74) is 1.87. The van der Waals surface area contributed by atoms with Gasteiger partial charge >= 0.3 is 0 Å². The zero-order chi connectivity index (χ0) is 18.5. The van der Waals surface area contributed by atoms with Gasteiger partial charge in [-0.25, -0.2) is 4.98 Å². The minimum atomic E-state index is -0.148. The van der Waals surface area contributed by atoms with Gasteiger partial charge in [0.05, 0.1) is 16.6 Å². The molecule has 3 aromatic rings. The first-order valence-electron chi connectivity index (χ1n) is 8.27. The zero-order valence-corrected chi connectivity index (χ0v) is 15.6. The molecule has 0 unspecified atom stereocenters. The number of para-hydroxylation sites is 1. The van der Waals surface area contributed by atoms with Gasteiger partial charge in [-0.2, -0.15) is 0 Å². The Morgan fingerprint density at radius 3 is 2.54 bits per heavy atom. The van der Waals surface area contributed by atoms with Gasteiger partial charge in [0.1, 0.15) is 12.1 Å². The number of phenolic OH excluding ortho intramolecular Hbond substituents is 1. The first-order valence-corrected chi connectivity index (χ1v) is 9.34. The number of hydrogen-bond donors (Lipinski definition) is 1. The van der Waals surface area contributed by atoms with Gasteiger partial charge in [-0.05, 0) is 30.3 Å². The molecule has 26 heavy (non-hydrogen) atoms. The monoisotopic (exact) mass is 391 g/mol. The highest BCUT2D eigenvalue weighted by molar-refractivity contribution is 6.18. The van der Waals surface area contributed by atoms with E-state index in [-0.39, 0.29) is 11.3 Å². The fraction of sp³-hybridized carbons (Fsp3) is 0.263. The number of hydrogen-bond acceptors (Lipinski definition) is 4. The first-order chi connectivity index (χ1) is 12.6. The molecule has 0 atom stereocenters. The van der Waals surface area contributed by atoms with E-state index in [0.29, 0.717) is 53.5 Å². The van der Waals surface area contributed by atoms with Crippen LogP contribution < -0.4 is 5.56 Å². The second kappa shape index (κ2) is 8.54. The van der Waals surface area contributed by atoms with Crippen LogP contribution >= 0.6 is 23.2 Å². The normalized spacial score (nSPS) is 11.3. The Morgan fingerprint density at radius 2 is 1.81 bits per heavy atom. The van der Waals surface area contributed by atoms with Crippen molar-refractivity contribution in [2.45, 2.75) is 6.54 Å². The van der Waals surface area contributed by atoms with Crippen molar-refractivity contribution < 1.29 is 5.11 Å². The van der Waals surface area contributed by atoms with Crippen LogP contribution in [0.4, 0.5) is 0 Å². The fourth-order valence-corrected chi connectivity index (χ4v) is 3.33. The molecule has 7 heteroatoms. The van der Waals surface area contributed by atoms with E-state index in [4.69, 9.17) is 23.2 Å². The summed E-state index contributed by atoms with van der Waals surface area (Å²) in [6.45, 7) is 1.82. The van der Waals surface area contributed by atoms with E-state index in [9.17, 15) is 9.90 Å². The molecule has 3 rings (SSSR count). The number of phenols is 1. The molecular weight excluding hydrogens is 373 g/mol. The largest absolute Gasteiger partial charge is 0.508 e. The molecule has 136 valence electrons. The molecule has 0 bridgehead atoms. The Hall–Kier alpha value is -2.08. The summed E-state index contributed by atoms with van der Waals surface area (Å²) in [5, 5.41) is 10.8. The number of benzene rings is 2. The average Bonchev–Trinajstić information content (AvgIpc) is 2.65. The summed E-state index contributed by atoms with van der Waals surface area (Å²) < 4.78 is 1.48. The third-order valence-corrected chi connectivity index (χ3v) is 4.54. The van der Waals surface area contributed by atoms with E-state index in [1.165, 1.54) is 10.9 Å². The molecule has 0 aliphatic carbocycles. The van der Waals surface area contributed by atoms with Crippen LogP contribution in [0.1, 0.15) is 5.56 Å². The molecule has 0 amide bonds. The van der Waals surface area contributed by atoms with Crippen LogP contribution in [0.3, 0.4) is 0 Å². The van der Waals surface area contributed by atoms with Crippen molar-refractivity contribution in [3.63, 3.8) is 0 Å². The van der Waals surface area contributed by atoms with E-state index in [2.05, 4.69) is 9.88 Å². The van der Waals surface area contributed by atoms with Crippen molar-refractivity contribution in [1.29, 1.82) is 0 Å². The molecule has 0 aliphatic heterocycles. The maximum atomic E-state index is 12.8. The molecule has 1 heterocycles. The summed E-state index contributed by atoms with van der Waals surface area (Å²) in [6, 6.07) is 12.3. The molecule has 2 aromatic carbocycles. The van der Waals surface area contributed by atoms with Crippen LogP contribution in [0.15, 0.2) is 53.6 Å². The summed E-state index contributed by atoms with van der Waals surface area (Å²) in [6.07, 6.45) is 1.51. The third-order valence-electron chi connectivity index (χ3n) is 4.20. The zero-order valence-electron chi connectivity index (χ0n) is 14.1. The lowest BCUT2D eigenvalue weighted by Gasteiger charge is -2.21. The van der Waals surface area contributed by atoms with E-state index in [1.807, 2.05) is 12.1 Å². The van der Waals surface area contributed by atoms with E-state index in [1.54, 1.807) is 30.3 Å². The van der Waals surface area contributed by atoms with Crippen molar-refractivity contribution in [2.75, 3.05) is 24.8 Å². The van der Waals surface area contributed by atoms with Crippen molar-refractivity contribution in [3.05, 3.63) is 64.7 Å². The molecule has 0 fully saturated rings. The molecule has 0 radical (unpaired) electrons. The lowest BCUT2D eigenvalue weighted by atomic mass is 10.1. The molecule has 0 saturated carbocycles. The first kappa shape index (κ1) is 18.7. The maximum absolute atomic E-state index is 12.8. The highest BCUT2D eigenvalue weighted by Crippen LogP contribution is 2.22. The average molecular weight is 392 g/mol. The highest BCUT2D eigenvalue weighted by atomic mass is 35.5. The molecule has 1 N–H and O–H groups in total. The van der Waals surface area contributed by atoms with Crippen LogP contribution in [-0.2, 0) is 6.54 Å². The van der Waals surface area contributed by atoms with Gasteiger partial charge in [-0.15, -0.1) is 23.2 Å². The van der Waals surface area contributed by atoms with Crippen LogP contribution in [0.25, 0.3) is 16.6 Å². The van der Waals surface area contributed by atoms with Crippen molar-refractivity contribution in [1.82, 2.24) is 14.5 Å². The summed E-state index contributed by atoms with van der Waals surface area (Å²) in [4.78, 5) is 19.2. The Kier molecular flexibility index (Phi) is 6.14. The molecule has 0 saturated heterocycles. The predicted octanol–water partition coefficient (Wildman–Crippen LogP) is 3.37. The number of fused-ring (bicyclic) bond motifs is 1. The maximum Gasteiger partial charge on any atom is 0.265 e. The number of aromatic nitrogens is 2. The smallest absolute Gasteiger partial charge is 0.265 e. The Morgan fingerprint density at radius 1 is 1.08 bits per heavy atom. The van der Waals surface area contributed by atoms with Crippen LogP contribution in [0.2, 0.25) is 0 Å².